The molecule has 0 N–H and O–H groups in total. The van der Waals surface area contributed by atoms with Crippen LogP contribution in [-0.4, -0.2) is 13.1 Å². The first kappa shape index (κ1) is 12.3. The van der Waals surface area contributed by atoms with Gasteiger partial charge in [0.1, 0.15) is 0 Å². The highest BCUT2D eigenvalue weighted by atomic mass is 28.3. The molecule has 0 spiro atoms. The lowest BCUT2D eigenvalue weighted by Crippen LogP contribution is -2.38. The van der Waals surface area contributed by atoms with Gasteiger partial charge in [0.05, 0.1) is 13.8 Å². The van der Waals surface area contributed by atoms with E-state index in [2.05, 4.69) is 30.7 Å². The topological polar surface area (TPSA) is 12.9 Å². The lowest BCUT2D eigenvalue weighted by atomic mass is 9.98. The van der Waals surface area contributed by atoms with Gasteiger partial charge in [-0.15, -0.1) is 0 Å². The van der Waals surface area contributed by atoms with E-state index in [0.717, 1.165) is 11.3 Å². The Morgan fingerprint density at radius 3 is 2.35 bits per heavy atom. The van der Waals surface area contributed by atoms with E-state index in [9.17, 15) is 0 Å². The molecule has 0 radical (unpaired) electrons. The minimum Gasteiger partial charge on any atom is -0.256 e. The number of rotatable bonds is 4. The molecule has 1 aromatic heterocycles. The second-order valence-corrected chi connectivity index (χ2v) is 11.6. The molecule has 20 heavy (non-hydrogen) atoms. The Balaban J connectivity index is 2.69. The smallest absolute Gasteiger partial charge is 0.0796 e. The van der Waals surface area contributed by atoms with Crippen LogP contribution in [0, 0.1) is 5.92 Å². The first-order chi connectivity index (χ1) is 10.1. The molecule has 0 unspecified atom stereocenters. The van der Waals surface area contributed by atoms with Crippen LogP contribution < -0.4 is 5.19 Å². The Labute approximate surface area is 126 Å². The van der Waals surface area contributed by atoms with Crippen LogP contribution in [0.25, 0.3) is 11.3 Å². The number of aromatic nitrogens is 1. The maximum Gasteiger partial charge on any atom is 0.0796 e. The van der Waals surface area contributed by atoms with Crippen molar-refractivity contribution >= 4 is 13.3 Å². The van der Waals surface area contributed by atoms with Crippen molar-refractivity contribution in [2.45, 2.75) is 39.9 Å². The molecule has 0 aliphatic rings. The van der Waals surface area contributed by atoms with Gasteiger partial charge in [0.25, 0.3) is 0 Å². The number of hydrogen-bond donors (Lipinski definition) is 0. The van der Waals surface area contributed by atoms with Crippen LogP contribution in [0.15, 0.2) is 42.6 Å². The largest absolute Gasteiger partial charge is 0.256 e. The van der Waals surface area contributed by atoms with Crippen molar-refractivity contribution in [1.82, 2.24) is 4.98 Å². The van der Waals surface area contributed by atoms with Crippen molar-refractivity contribution in [2.75, 3.05) is 0 Å². The van der Waals surface area contributed by atoms with Crippen molar-refractivity contribution in [3.05, 3.63) is 48.2 Å². The molecule has 0 saturated heterocycles. The zero-order valence-electron chi connectivity index (χ0n) is 15.1. The Hall–Kier alpha value is -1.41. The Kier molecular flexibility index (Phi) is 3.65. The zero-order chi connectivity index (χ0) is 16.5. The van der Waals surface area contributed by atoms with E-state index in [1.807, 2.05) is 50.4 Å². The lowest BCUT2D eigenvalue weighted by molar-refractivity contribution is 0.647. The Morgan fingerprint density at radius 2 is 1.80 bits per heavy atom. The summed E-state index contributed by atoms with van der Waals surface area (Å²) in [6, 6.07) is 12.0. The van der Waals surface area contributed by atoms with Crippen molar-refractivity contribution in [2.24, 2.45) is 5.92 Å². The van der Waals surface area contributed by atoms with Crippen molar-refractivity contribution < 1.29 is 2.74 Å². The summed E-state index contributed by atoms with van der Waals surface area (Å²) in [7, 11) is -1.53. The molecule has 1 aromatic carbocycles. The van der Waals surface area contributed by atoms with E-state index in [0.29, 0.717) is 5.56 Å². The van der Waals surface area contributed by atoms with Crippen LogP contribution in [0.4, 0.5) is 0 Å². The van der Waals surface area contributed by atoms with Gasteiger partial charge in [0.15, 0.2) is 0 Å². The summed E-state index contributed by atoms with van der Waals surface area (Å²) in [4.78, 5) is 4.66. The monoisotopic (exact) mass is 285 g/mol. The third kappa shape index (κ3) is 3.57. The summed E-state index contributed by atoms with van der Waals surface area (Å²) in [6.45, 7) is 10.6. The van der Waals surface area contributed by atoms with Crippen LogP contribution in [-0.2, 0) is 6.37 Å². The fraction of sp³-hybridized carbons (Fsp3) is 0.389. The Morgan fingerprint density at radius 1 is 1.15 bits per heavy atom. The second kappa shape index (κ2) is 5.92. The average molecular weight is 286 g/mol. The summed E-state index contributed by atoms with van der Waals surface area (Å²) in [6.07, 6.45) is 0.544. The number of nitrogens with zero attached hydrogens (tertiary/aromatic N) is 1. The zero-order valence-corrected chi connectivity index (χ0v) is 14.1. The van der Waals surface area contributed by atoms with Gasteiger partial charge >= 0.3 is 0 Å². The van der Waals surface area contributed by atoms with Crippen molar-refractivity contribution in [3.63, 3.8) is 0 Å². The molecule has 0 aliphatic carbocycles. The maximum atomic E-state index is 8.56. The molecule has 0 amide bonds. The van der Waals surface area contributed by atoms with Gasteiger partial charge in [0.2, 0.25) is 0 Å². The highest BCUT2D eigenvalue weighted by Gasteiger charge is 2.19. The van der Waals surface area contributed by atoms with Gasteiger partial charge in [-0.1, -0.05) is 69.9 Å². The summed E-state index contributed by atoms with van der Waals surface area (Å²) < 4.78 is 17.1. The molecule has 2 aromatic rings. The third-order valence-corrected chi connectivity index (χ3v) is 5.25. The predicted molar refractivity (Wildman–Crippen MR) is 91.2 cm³/mol. The van der Waals surface area contributed by atoms with Crippen LogP contribution in [0.3, 0.4) is 0 Å². The standard InChI is InChI=1S/C18H25NSi/c1-14(2)11-16-12-17(20(3,4)5)13-19-18(16)15-9-7-6-8-10-15/h6-10,12-14H,11H2,1-5H3/i11D2. The summed E-state index contributed by atoms with van der Waals surface area (Å²) in [5.74, 6) is -0.103. The molecule has 0 saturated carbocycles. The van der Waals surface area contributed by atoms with Crippen molar-refractivity contribution in [3.8, 4) is 11.3 Å². The minimum absolute atomic E-state index is 0.103. The molecule has 1 nitrogen and oxygen atoms in total. The van der Waals surface area contributed by atoms with Gasteiger partial charge in [-0.25, -0.2) is 0 Å². The lowest BCUT2D eigenvalue weighted by Gasteiger charge is -2.20. The minimum atomic E-state index is -1.53. The first-order valence-corrected chi connectivity index (χ1v) is 10.7. The van der Waals surface area contributed by atoms with Crippen LogP contribution in [0.5, 0.6) is 0 Å². The molecule has 2 heteroatoms. The van der Waals surface area contributed by atoms with Crippen LogP contribution >= 0.6 is 0 Å². The molecule has 1 heterocycles. The van der Waals surface area contributed by atoms with E-state index in [-0.39, 0.29) is 5.92 Å². The van der Waals surface area contributed by atoms with Gasteiger partial charge in [0, 0.05) is 14.5 Å². The summed E-state index contributed by atoms with van der Waals surface area (Å²) in [5.41, 5.74) is 2.46. The van der Waals surface area contributed by atoms with Gasteiger partial charge < -0.3 is 0 Å². The molecular formula is C18H25NSi. The second-order valence-electron chi connectivity index (χ2n) is 6.54. The molecule has 0 aliphatic heterocycles. The number of hydrogen-bond acceptors (Lipinski definition) is 1. The fourth-order valence-corrected chi connectivity index (χ4v) is 3.15. The van der Waals surface area contributed by atoms with Crippen LogP contribution in [0.2, 0.25) is 19.6 Å². The molecule has 0 atom stereocenters. The molecule has 106 valence electrons. The fourth-order valence-electron chi connectivity index (χ4n) is 2.12. The number of benzene rings is 1. The molecular weight excluding hydrogens is 258 g/mol. The van der Waals surface area contributed by atoms with Gasteiger partial charge in [-0.3, -0.25) is 4.98 Å². The summed E-state index contributed by atoms with van der Waals surface area (Å²) in [5, 5.41) is 1.20. The van der Waals surface area contributed by atoms with E-state index < -0.39 is 14.4 Å². The average Bonchev–Trinajstić information content (AvgIpc) is 2.46. The van der Waals surface area contributed by atoms with E-state index in [4.69, 9.17) is 2.74 Å². The van der Waals surface area contributed by atoms with Crippen LogP contribution in [0.1, 0.15) is 22.2 Å². The highest BCUT2D eigenvalue weighted by molar-refractivity contribution is 6.88. The summed E-state index contributed by atoms with van der Waals surface area (Å²) >= 11 is 0. The highest BCUT2D eigenvalue weighted by Crippen LogP contribution is 2.23. The predicted octanol–water partition coefficient (Wildman–Crippen LogP) is 4.49. The van der Waals surface area contributed by atoms with Gasteiger partial charge in [-0.2, -0.15) is 0 Å². The quantitative estimate of drug-likeness (QED) is 0.754. The molecule has 0 bridgehead atoms. The first-order valence-electron chi connectivity index (χ1n) is 8.20. The maximum absolute atomic E-state index is 8.56. The van der Waals surface area contributed by atoms with Crippen molar-refractivity contribution in [1.29, 1.82) is 0 Å². The Bertz CT molecular complexity index is 646. The number of pyridine rings is 1. The molecule has 0 fully saturated rings. The van der Waals surface area contributed by atoms with E-state index in [1.54, 1.807) is 0 Å². The SMILES string of the molecule is [2H]C([2H])(c1cc([Si](C)(C)C)cnc1-c1ccccc1)C(C)C. The van der Waals surface area contributed by atoms with E-state index in [1.165, 1.54) is 5.19 Å². The normalized spacial score (nSPS) is 14.1. The van der Waals surface area contributed by atoms with Gasteiger partial charge in [-0.05, 0) is 23.0 Å². The third-order valence-electron chi connectivity index (χ3n) is 3.25. The van der Waals surface area contributed by atoms with E-state index >= 15 is 0 Å². The molecule has 2 rings (SSSR count).